The minimum atomic E-state index is 0. The molecule has 28 heteroatoms. The molecule has 601 valence electrons. The monoisotopic (exact) mass is 1530 g/mol. The summed E-state index contributed by atoms with van der Waals surface area (Å²) in [6.07, 6.45) is 0. The van der Waals surface area contributed by atoms with Crippen LogP contribution in [0.4, 0.5) is 0 Å². The fourth-order valence-electron chi connectivity index (χ4n) is 8.92. The zero-order chi connectivity index (χ0) is 73.5. The van der Waals surface area contributed by atoms with Crippen LogP contribution in [0.5, 0.6) is 0 Å². The Morgan fingerprint density at radius 1 is 0.113 bits per heavy atom. The Morgan fingerprint density at radius 3 is 0.321 bits per heavy atom. The third-order valence-corrected chi connectivity index (χ3v) is 14.2. The second kappa shape index (κ2) is 80.5. The summed E-state index contributed by atoms with van der Waals surface area (Å²) in [7, 11) is 0. The van der Waals surface area contributed by atoms with Gasteiger partial charge in [0, 0.05) is 51.4 Å². The largest absolute Gasteiger partial charge is 0.377 e. The van der Waals surface area contributed by atoms with Crippen LogP contribution < -0.4 is 0 Å². The zero-order valence-electron chi connectivity index (χ0n) is 63.6. The van der Waals surface area contributed by atoms with Crippen molar-refractivity contribution < 1.29 is 128 Å². The van der Waals surface area contributed by atoms with Gasteiger partial charge in [0.25, 0.3) is 0 Å². The first-order valence-corrected chi connectivity index (χ1v) is 37.2. The molecule has 1 radical (unpaired) electrons. The van der Waals surface area contributed by atoms with Crippen LogP contribution in [0.1, 0.15) is 33.4 Å². The molecule has 0 aliphatic heterocycles. The van der Waals surface area contributed by atoms with E-state index in [0.29, 0.717) is 357 Å². The molecule has 0 fully saturated rings. The summed E-state index contributed by atoms with van der Waals surface area (Å²) in [5, 5.41) is 0. The second-order valence-corrected chi connectivity index (χ2v) is 22.8. The van der Waals surface area contributed by atoms with Crippen molar-refractivity contribution in [2.24, 2.45) is 0 Å². The molecule has 0 aliphatic rings. The number of benzene rings is 4. The van der Waals surface area contributed by atoms with Gasteiger partial charge < -0.3 is 128 Å². The van der Waals surface area contributed by atoms with Crippen LogP contribution in [0.15, 0.2) is 109 Å². The Morgan fingerprint density at radius 2 is 0.208 bits per heavy atom. The van der Waals surface area contributed by atoms with Gasteiger partial charge in [0.05, 0.1) is 357 Å². The normalized spacial score (nSPS) is 11.5. The minimum absolute atomic E-state index is 0. The Kier molecular flexibility index (Phi) is 74.1. The van der Waals surface area contributed by atoms with Gasteiger partial charge in [-0.25, -0.2) is 0 Å². The molecule has 0 aliphatic carbocycles. The molecule has 0 aromatic heterocycles. The molecule has 0 amide bonds. The Labute approximate surface area is 673 Å². The maximum Gasteiger partial charge on any atom is 0.0718 e. The van der Waals surface area contributed by atoms with E-state index >= 15 is 0 Å². The van der Waals surface area contributed by atoms with E-state index in [1.165, 1.54) is 0 Å². The predicted octanol–water partition coefficient (Wildman–Crippen LogP) is 6.85. The SMILES string of the molecule is [K].c1ccc(COCCOCCOCCOCCOCCOCCOCCOCCOCc2cc(COCCOCCOCCOCCOCCOCCOCCOCCOCc3ccccc3)cc(COCCOCCOCCOCCOCCOCCOCCOCCOCc3ccccc3)c2)cc1. The third kappa shape index (κ3) is 67.2. The first-order valence-electron chi connectivity index (χ1n) is 37.2. The molecular formula is C78H126KO27. The molecule has 106 heavy (non-hydrogen) atoms. The van der Waals surface area contributed by atoms with Crippen LogP contribution in [0.25, 0.3) is 0 Å². The standard InChI is InChI=1S/C78H126O27.K/c1-4-10-73(11-5-1)67-100-58-52-94-46-40-88-34-28-82-22-16-79-19-25-85-31-37-91-43-49-97-55-61-103-70-76-64-77(71-104-62-56-98-50-44-92-38-32-86-26-20-80-17-23-83-29-35-89-41-47-95-53-59-101-68-74-12-6-2-7-13-74)66-78(65-76)72-105-63-57-99-51-45-93-39-33-87-27-21-81-18-24-84-30-36-90-42-48-96-54-60-102-69-75-14-8-3-9-15-75;/h1-15,64-66H,16-63,67-72H2;. The van der Waals surface area contributed by atoms with Crippen molar-refractivity contribution in [2.75, 3.05) is 317 Å². The van der Waals surface area contributed by atoms with Gasteiger partial charge in [-0.3, -0.25) is 0 Å². The van der Waals surface area contributed by atoms with Crippen LogP contribution in [-0.2, 0) is 168 Å². The van der Waals surface area contributed by atoms with E-state index in [1.807, 2.05) is 91.0 Å². The van der Waals surface area contributed by atoms with E-state index < -0.39 is 0 Å². The van der Waals surface area contributed by atoms with E-state index in [2.05, 4.69) is 18.2 Å². The van der Waals surface area contributed by atoms with Crippen molar-refractivity contribution in [1.29, 1.82) is 0 Å². The topological polar surface area (TPSA) is 249 Å². The fraction of sp³-hybridized carbons (Fsp3) is 0.692. The van der Waals surface area contributed by atoms with Crippen LogP contribution in [0.2, 0.25) is 0 Å². The molecule has 4 aromatic carbocycles. The van der Waals surface area contributed by atoms with E-state index in [9.17, 15) is 0 Å². The van der Waals surface area contributed by atoms with Gasteiger partial charge >= 0.3 is 0 Å². The Bertz CT molecular complexity index is 2100. The van der Waals surface area contributed by atoms with E-state index in [0.717, 1.165) is 33.4 Å². The van der Waals surface area contributed by atoms with Crippen molar-refractivity contribution in [3.63, 3.8) is 0 Å². The maximum atomic E-state index is 6.01. The van der Waals surface area contributed by atoms with Gasteiger partial charge in [0.15, 0.2) is 0 Å². The zero-order valence-corrected chi connectivity index (χ0v) is 66.7. The van der Waals surface area contributed by atoms with E-state index in [4.69, 9.17) is 128 Å². The molecule has 0 bridgehead atoms. The molecule has 0 N–H and O–H groups in total. The van der Waals surface area contributed by atoms with Gasteiger partial charge in [0.1, 0.15) is 0 Å². The molecule has 0 spiro atoms. The number of rotatable bonds is 84. The summed E-state index contributed by atoms with van der Waals surface area (Å²) in [6, 6.07) is 36.5. The second-order valence-electron chi connectivity index (χ2n) is 22.8. The van der Waals surface area contributed by atoms with Gasteiger partial charge in [-0.15, -0.1) is 0 Å². The van der Waals surface area contributed by atoms with E-state index in [-0.39, 0.29) is 51.4 Å². The summed E-state index contributed by atoms with van der Waals surface area (Å²) in [5.74, 6) is 0. The van der Waals surface area contributed by atoms with Gasteiger partial charge in [-0.05, 0) is 33.4 Å². The Hall–Kier alpha value is -2.56. The molecular weight excluding hydrogens is 1410 g/mol. The Balaban J connectivity index is 0.0000292. The first-order chi connectivity index (χ1) is 52.3. The minimum Gasteiger partial charge on any atom is -0.377 e. The van der Waals surface area contributed by atoms with Crippen molar-refractivity contribution in [3.05, 3.63) is 143 Å². The first kappa shape index (κ1) is 97.6. The summed E-state index contributed by atoms with van der Waals surface area (Å²) in [5.41, 5.74) is 6.44. The average Bonchev–Trinajstić information content (AvgIpc) is 0.872. The molecule has 4 rings (SSSR count). The predicted molar refractivity (Wildman–Crippen MR) is 397 cm³/mol. The van der Waals surface area contributed by atoms with Crippen molar-refractivity contribution in [3.8, 4) is 0 Å². The van der Waals surface area contributed by atoms with Crippen LogP contribution in [-0.4, -0.2) is 369 Å². The van der Waals surface area contributed by atoms with E-state index in [1.54, 1.807) is 0 Å². The van der Waals surface area contributed by atoms with Crippen molar-refractivity contribution >= 4 is 51.4 Å². The smallest absolute Gasteiger partial charge is 0.0718 e. The molecule has 0 saturated carbocycles. The number of ether oxygens (including phenoxy) is 27. The van der Waals surface area contributed by atoms with Crippen molar-refractivity contribution in [1.82, 2.24) is 0 Å². The van der Waals surface area contributed by atoms with Crippen molar-refractivity contribution in [2.45, 2.75) is 39.6 Å². The number of hydrogen-bond acceptors (Lipinski definition) is 27. The van der Waals surface area contributed by atoms with Crippen LogP contribution >= 0.6 is 0 Å². The molecule has 0 unspecified atom stereocenters. The quantitative estimate of drug-likeness (QED) is 0.0324. The summed E-state index contributed by atoms with van der Waals surface area (Å²) >= 11 is 0. The molecule has 27 nitrogen and oxygen atoms in total. The third-order valence-electron chi connectivity index (χ3n) is 14.2. The van der Waals surface area contributed by atoms with Crippen LogP contribution in [0.3, 0.4) is 0 Å². The fourth-order valence-corrected chi connectivity index (χ4v) is 8.92. The maximum absolute atomic E-state index is 6.01. The molecule has 0 atom stereocenters. The van der Waals surface area contributed by atoms with Gasteiger partial charge in [-0.1, -0.05) is 109 Å². The van der Waals surface area contributed by atoms with Gasteiger partial charge in [0.2, 0.25) is 0 Å². The summed E-state index contributed by atoms with van der Waals surface area (Å²) < 4.78 is 153. The molecule has 0 saturated heterocycles. The average molecular weight is 1530 g/mol. The van der Waals surface area contributed by atoms with Crippen LogP contribution in [0, 0.1) is 0 Å². The van der Waals surface area contributed by atoms with Gasteiger partial charge in [-0.2, -0.15) is 0 Å². The molecule has 4 aromatic rings. The summed E-state index contributed by atoms with van der Waals surface area (Å²) in [6.45, 7) is 26.0. The summed E-state index contributed by atoms with van der Waals surface area (Å²) in [4.78, 5) is 0. The number of hydrogen-bond donors (Lipinski definition) is 0. The molecule has 0 heterocycles.